The maximum atomic E-state index is 12.6. The zero-order valence-electron chi connectivity index (χ0n) is 11.9. The average Bonchev–Trinajstić information content (AvgIpc) is 2.48. The summed E-state index contributed by atoms with van der Waals surface area (Å²) in [6.45, 7) is 5.90. The number of hydrogen-bond donors (Lipinski definition) is 1. The first-order valence-electron chi connectivity index (χ1n) is 7.32. The van der Waals surface area contributed by atoms with Crippen LogP contribution in [0.25, 0.3) is 0 Å². The quantitative estimate of drug-likeness (QED) is 0.896. The maximum absolute atomic E-state index is 12.6. The molecule has 0 aliphatic carbocycles. The Morgan fingerprint density at radius 1 is 1.45 bits per heavy atom. The smallest absolute Gasteiger partial charge is 0.272 e. The number of amides is 1. The second kappa shape index (κ2) is 7.74. The fourth-order valence-corrected chi connectivity index (χ4v) is 2.82. The van der Waals surface area contributed by atoms with Crippen molar-refractivity contribution in [1.29, 1.82) is 0 Å². The Hall–Kier alpha value is -0.940. The Balaban J connectivity index is 2.02. The van der Waals surface area contributed by atoms with Crippen molar-refractivity contribution in [2.75, 3.05) is 26.2 Å². The van der Waals surface area contributed by atoms with Gasteiger partial charge in [-0.1, -0.05) is 6.92 Å². The Labute approximate surface area is 129 Å². The van der Waals surface area contributed by atoms with E-state index in [4.69, 9.17) is 0 Å². The second-order valence-electron chi connectivity index (χ2n) is 5.31. The van der Waals surface area contributed by atoms with Crippen molar-refractivity contribution < 1.29 is 4.79 Å². The molecule has 0 aromatic carbocycles. The van der Waals surface area contributed by atoms with Crippen LogP contribution in [0.4, 0.5) is 0 Å². The molecular formula is C15H22BrN3O. The van der Waals surface area contributed by atoms with E-state index in [1.165, 1.54) is 0 Å². The molecule has 1 aromatic heterocycles. The van der Waals surface area contributed by atoms with Gasteiger partial charge >= 0.3 is 0 Å². The van der Waals surface area contributed by atoms with Crippen molar-refractivity contribution >= 4 is 21.8 Å². The van der Waals surface area contributed by atoms with Gasteiger partial charge < -0.3 is 10.2 Å². The van der Waals surface area contributed by atoms with Crippen molar-refractivity contribution in [2.45, 2.75) is 26.2 Å². The lowest BCUT2D eigenvalue weighted by Gasteiger charge is -2.29. The van der Waals surface area contributed by atoms with Crippen molar-refractivity contribution in [3.63, 3.8) is 0 Å². The van der Waals surface area contributed by atoms with Crippen molar-refractivity contribution in [3.05, 3.63) is 28.5 Å². The van der Waals surface area contributed by atoms with E-state index < -0.39 is 0 Å². The summed E-state index contributed by atoms with van der Waals surface area (Å²) < 4.78 is 0.898. The highest BCUT2D eigenvalue weighted by Crippen LogP contribution is 2.16. The van der Waals surface area contributed by atoms with Crippen molar-refractivity contribution in [1.82, 2.24) is 15.2 Å². The SMILES string of the molecule is CCCN(CC1CCNCC1)C(=O)c1ccc(Br)cn1. The van der Waals surface area contributed by atoms with E-state index in [1.807, 2.05) is 11.0 Å². The van der Waals surface area contributed by atoms with Gasteiger partial charge in [0.25, 0.3) is 5.91 Å². The predicted molar refractivity (Wildman–Crippen MR) is 83.7 cm³/mol. The molecule has 0 bridgehead atoms. The third-order valence-corrected chi connectivity index (χ3v) is 4.13. The van der Waals surface area contributed by atoms with Crippen LogP contribution in [0, 0.1) is 5.92 Å². The molecule has 5 heteroatoms. The van der Waals surface area contributed by atoms with Gasteiger partial charge in [-0.3, -0.25) is 4.79 Å². The topological polar surface area (TPSA) is 45.2 Å². The fraction of sp³-hybridized carbons (Fsp3) is 0.600. The first-order chi connectivity index (χ1) is 9.70. The number of rotatable bonds is 5. The summed E-state index contributed by atoms with van der Waals surface area (Å²) in [4.78, 5) is 18.7. The van der Waals surface area contributed by atoms with Gasteiger partial charge in [0.05, 0.1) is 0 Å². The van der Waals surface area contributed by atoms with E-state index in [1.54, 1.807) is 12.3 Å². The molecule has 0 atom stereocenters. The molecular weight excluding hydrogens is 318 g/mol. The molecule has 2 rings (SSSR count). The summed E-state index contributed by atoms with van der Waals surface area (Å²) in [6, 6.07) is 3.66. The number of nitrogens with one attached hydrogen (secondary N) is 1. The van der Waals surface area contributed by atoms with Crippen LogP contribution < -0.4 is 5.32 Å². The summed E-state index contributed by atoms with van der Waals surface area (Å²) in [5, 5.41) is 3.37. The van der Waals surface area contributed by atoms with Crippen molar-refractivity contribution in [3.8, 4) is 0 Å². The van der Waals surface area contributed by atoms with Crippen LogP contribution in [0.1, 0.15) is 36.7 Å². The Morgan fingerprint density at radius 3 is 2.80 bits per heavy atom. The molecule has 2 heterocycles. The zero-order valence-corrected chi connectivity index (χ0v) is 13.5. The third-order valence-electron chi connectivity index (χ3n) is 3.66. The predicted octanol–water partition coefficient (Wildman–Crippen LogP) is 2.70. The molecule has 1 aliphatic heterocycles. The highest BCUT2D eigenvalue weighted by atomic mass is 79.9. The van der Waals surface area contributed by atoms with E-state index in [2.05, 4.69) is 33.2 Å². The van der Waals surface area contributed by atoms with E-state index >= 15 is 0 Å². The van der Waals surface area contributed by atoms with E-state index in [0.29, 0.717) is 11.6 Å². The second-order valence-corrected chi connectivity index (χ2v) is 6.22. The fourth-order valence-electron chi connectivity index (χ4n) is 2.59. The minimum absolute atomic E-state index is 0.0536. The zero-order chi connectivity index (χ0) is 14.4. The van der Waals surface area contributed by atoms with E-state index in [-0.39, 0.29) is 5.91 Å². The molecule has 20 heavy (non-hydrogen) atoms. The minimum Gasteiger partial charge on any atom is -0.337 e. The Bertz CT molecular complexity index is 429. The molecule has 0 radical (unpaired) electrons. The number of halogens is 1. The number of carbonyl (C=O) groups excluding carboxylic acids is 1. The van der Waals surface area contributed by atoms with Crippen LogP contribution in [0.2, 0.25) is 0 Å². The number of piperidine rings is 1. The normalized spacial score (nSPS) is 16.1. The summed E-state index contributed by atoms with van der Waals surface area (Å²) >= 11 is 3.35. The molecule has 1 N–H and O–H groups in total. The molecule has 1 saturated heterocycles. The molecule has 1 aromatic rings. The minimum atomic E-state index is 0.0536. The summed E-state index contributed by atoms with van der Waals surface area (Å²) in [5.41, 5.74) is 0.538. The van der Waals surface area contributed by atoms with Crippen LogP contribution in [0.15, 0.2) is 22.8 Å². The van der Waals surface area contributed by atoms with Gasteiger partial charge in [0, 0.05) is 23.8 Å². The Morgan fingerprint density at radius 2 is 2.20 bits per heavy atom. The lowest BCUT2D eigenvalue weighted by atomic mass is 9.97. The lowest BCUT2D eigenvalue weighted by Crippen LogP contribution is -2.40. The summed E-state index contributed by atoms with van der Waals surface area (Å²) in [6.07, 6.45) is 4.97. The van der Waals surface area contributed by atoms with Crippen LogP contribution in [-0.4, -0.2) is 42.0 Å². The number of hydrogen-bond acceptors (Lipinski definition) is 3. The number of aromatic nitrogens is 1. The van der Waals surface area contributed by atoms with Gasteiger partial charge in [0.15, 0.2) is 0 Å². The monoisotopic (exact) mass is 339 g/mol. The van der Waals surface area contributed by atoms with Crippen LogP contribution in [-0.2, 0) is 0 Å². The van der Waals surface area contributed by atoms with Gasteiger partial charge in [0.1, 0.15) is 5.69 Å². The van der Waals surface area contributed by atoms with Gasteiger partial charge in [-0.15, -0.1) is 0 Å². The molecule has 1 amide bonds. The van der Waals surface area contributed by atoms with Crippen LogP contribution in [0.3, 0.4) is 0 Å². The van der Waals surface area contributed by atoms with Gasteiger partial charge in [-0.05, 0) is 66.3 Å². The molecule has 1 fully saturated rings. The Kier molecular flexibility index (Phi) is 5.98. The summed E-state index contributed by atoms with van der Waals surface area (Å²) in [7, 11) is 0. The molecule has 0 saturated carbocycles. The highest BCUT2D eigenvalue weighted by molar-refractivity contribution is 9.10. The lowest BCUT2D eigenvalue weighted by molar-refractivity contribution is 0.0710. The first kappa shape index (κ1) is 15.4. The van der Waals surface area contributed by atoms with Crippen LogP contribution >= 0.6 is 15.9 Å². The first-order valence-corrected chi connectivity index (χ1v) is 8.11. The van der Waals surface area contributed by atoms with E-state index in [9.17, 15) is 4.79 Å². The largest absolute Gasteiger partial charge is 0.337 e. The van der Waals surface area contributed by atoms with Crippen molar-refractivity contribution in [2.24, 2.45) is 5.92 Å². The molecule has 110 valence electrons. The third kappa shape index (κ3) is 4.28. The number of pyridine rings is 1. The average molecular weight is 340 g/mol. The molecule has 1 aliphatic rings. The molecule has 4 nitrogen and oxygen atoms in total. The highest BCUT2D eigenvalue weighted by Gasteiger charge is 2.21. The standard InChI is InChI=1S/C15H22BrN3O/c1-2-9-19(11-12-5-7-17-8-6-12)15(20)14-4-3-13(16)10-18-14/h3-4,10,12,17H,2,5-9,11H2,1H3. The van der Waals surface area contributed by atoms with E-state index in [0.717, 1.165) is 49.9 Å². The van der Waals surface area contributed by atoms with Gasteiger partial charge in [-0.2, -0.15) is 0 Å². The van der Waals surface area contributed by atoms with Crippen LogP contribution in [0.5, 0.6) is 0 Å². The van der Waals surface area contributed by atoms with Gasteiger partial charge in [0.2, 0.25) is 0 Å². The van der Waals surface area contributed by atoms with Gasteiger partial charge in [-0.25, -0.2) is 4.98 Å². The number of nitrogens with zero attached hydrogens (tertiary/aromatic N) is 2. The maximum Gasteiger partial charge on any atom is 0.272 e. The molecule has 0 spiro atoms. The summed E-state index contributed by atoms with van der Waals surface area (Å²) in [5.74, 6) is 0.667. The number of carbonyl (C=O) groups is 1. The molecule has 0 unspecified atom stereocenters.